The first-order valence-electron chi connectivity index (χ1n) is 10.2. The van der Waals surface area contributed by atoms with Crippen molar-refractivity contribution in [2.45, 2.75) is 37.0 Å². The zero-order valence-electron chi connectivity index (χ0n) is 17.8. The average molecular weight is 485 g/mol. The van der Waals surface area contributed by atoms with E-state index in [1.54, 1.807) is 26.0 Å². The van der Waals surface area contributed by atoms with E-state index in [1.807, 2.05) is 23.6 Å². The first kappa shape index (κ1) is 21.4. The van der Waals surface area contributed by atoms with Gasteiger partial charge in [-0.05, 0) is 62.4 Å². The van der Waals surface area contributed by atoms with Gasteiger partial charge in [0.1, 0.15) is 0 Å². The predicted molar refractivity (Wildman–Crippen MR) is 123 cm³/mol. The number of hydrogen-bond donors (Lipinski definition) is 2. The van der Waals surface area contributed by atoms with Gasteiger partial charge in [0.2, 0.25) is 11.8 Å². The first-order valence-corrected chi connectivity index (χ1v) is 12.5. The van der Waals surface area contributed by atoms with Crippen LogP contribution in [0, 0.1) is 13.8 Å². The Labute approximate surface area is 193 Å². The lowest BCUT2D eigenvalue weighted by Crippen LogP contribution is -2.28. The lowest BCUT2D eigenvalue weighted by molar-refractivity contribution is -0.118. The van der Waals surface area contributed by atoms with E-state index in [9.17, 15) is 13.2 Å². The van der Waals surface area contributed by atoms with Crippen LogP contribution in [0.25, 0.3) is 10.6 Å². The Bertz CT molecular complexity index is 1420. The van der Waals surface area contributed by atoms with Crippen LogP contribution in [0.3, 0.4) is 0 Å². The number of rotatable bonds is 7. The largest absolute Gasteiger partial charge is 0.355 e. The highest BCUT2D eigenvalue weighted by Crippen LogP contribution is 2.49. The molecule has 11 heteroatoms. The molecule has 9 nitrogen and oxygen atoms in total. The Balaban J connectivity index is 1.29. The summed E-state index contributed by atoms with van der Waals surface area (Å²) in [5.41, 5.74) is 1.58. The summed E-state index contributed by atoms with van der Waals surface area (Å²) in [6.07, 6.45) is 1.34. The second-order valence-corrected chi connectivity index (χ2v) is 10.6. The Kier molecular flexibility index (Phi) is 5.09. The van der Waals surface area contributed by atoms with Gasteiger partial charge in [-0.15, -0.1) is 11.3 Å². The summed E-state index contributed by atoms with van der Waals surface area (Å²) in [6.45, 7) is 3.44. The molecule has 5 rings (SSSR count). The maximum Gasteiger partial charge on any atom is 0.264 e. The van der Waals surface area contributed by atoms with E-state index >= 15 is 0 Å². The monoisotopic (exact) mass is 484 g/mol. The molecular weight excluding hydrogens is 464 g/mol. The standard InChI is InChI=1S/C22H20N4O5S2/c1-13-14(2)24-31-20(13)26-33(28,29)16-7-5-15(6-8-16)23-21(27)22(9-10-22)19-12-17(30-25-19)18-4-3-11-32-18/h3-8,11-12,26H,9-10H2,1-2H3,(H,23,27). The van der Waals surface area contributed by atoms with Crippen molar-refractivity contribution in [2.24, 2.45) is 0 Å². The van der Waals surface area contributed by atoms with Crippen molar-refractivity contribution in [1.82, 2.24) is 10.3 Å². The van der Waals surface area contributed by atoms with Crippen molar-refractivity contribution in [2.75, 3.05) is 10.0 Å². The fourth-order valence-corrected chi connectivity index (χ4v) is 5.14. The Hall–Kier alpha value is -3.44. The topological polar surface area (TPSA) is 127 Å². The van der Waals surface area contributed by atoms with E-state index in [0.29, 0.717) is 41.2 Å². The Morgan fingerprint density at radius 1 is 1.09 bits per heavy atom. The highest BCUT2D eigenvalue weighted by molar-refractivity contribution is 7.92. The van der Waals surface area contributed by atoms with Crippen molar-refractivity contribution in [3.63, 3.8) is 0 Å². The van der Waals surface area contributed by atoms with Crippen molar-refractivity contribution >= 4 is 38.8 Å². The van der Waals surface area contributed by atoms with Gasteiger partial charge in [-0.1, -0.05) is 16.4 Å². The van der Waals surface area contributed by atoms with E-state index in [1.165, 1.54) is 23.5 Å². The summed E-state index contributed by atoms with van der Waals surface area (Å²) in [5.74, 6) is 0.517. The van der Waals surface area contributed by atoms with Gasteiger partial charge in [0.25, 0.3) is 10.0 Å². The fraction of sp³-hybridized carbons (Fsp3) is 0.227. The molecule has 0 saturated heterocycles. The Morgan fingerprint density at radius 3 is 2.45 bits per heavy atom. The maximum atomic E-state index is 13.0. The fourth-order valence-electron chi connectivity index (χ4n) is 3.42. The lowest BCUT2D eigenvalue weighted by Gasteiger charge is -2.13. The minimum absolute atomic E-state index is 0.0344. The van der Waals surface area contributed by atoms with Crippen molar-refractivity contribution in [1.29, 1.82) is 0 Å². The molecule has 0 unspecified atom stereocenters. The number of benzene rings is 1. The van der Waals surface area contributed by atoms with Crippen LogP contribution < -0.4 is 10.0 Å². The number of carbonyl (C=O) groups excluding carboxylic acids is 1. The molecule has 1 fully saturated rings. The third-order valence-electron chi connectivity index (χ3n) is 5.76. The molecule has 0 atom stereocenters. The molecule has 1 aromatic carbocycles. The number of aromatic nitrogens is 2. The average Bonchev–Trinajstić information content (AvgIpc) is 3.12. The zero-order chi connectivity index (χ0) is 23.2. The summed E-state index contributed by atoms with van der Waals surface area (Å²) >= 11 is 1.54. The minimum atomic E-state index is -3.86. The normalized spacial score (nSPS) is 14.7. The molecule has 1 amide bonds. The number of aryl methyl sites for hydroxylation is 1. The number of amides is 1. The quantitative estimate of drug-likeness (QED) is 0.396. The third kappa shape index (κ3) is 3.93. The zero-order valence-corrected chi connectivity index (χ0v) is 19.4. The lowest BCUT2D eigenvalue weighted by atomic mass is 10.0. The van der Waals surface area contributed by atoms with Crippen LogP contribution in [0.1, 0.15) is 29.8 Å². The van der Waals surface area contributed by atoms with Crippen LogP contribution in [-0.4, -0.2) is 24.6 Å². The van der Waals surface area contributed by atoms with E-state index in [-0.39, 0.29) is 16.7 Å². The molecule has 33 heavy (non-hydrogen) atoms. The van der Waals surface area contributed by atoms with Crippen molar-refractivity contribution in [3.05, 3.63) is 64.8 Å². The number of hydrogen-bond acceptors (Lipinski definition) is 8. The number of anilines is 2. The number of carbonyl (C=O) groups is 1. The highest BCUT2D eigenvalue weighted by atomic mass is 32.2. The predicted octanol–water partition coefficient (Wildman–Crippen LogP) is 4.48. The minimum Gasteiger partial charge on any atom is -0.355 e. The molecule has 0 bridgehead atoms. The number of thiophene rings is 1. The van der Waals surface area contributed by atoms with Gasteiger partial charge in [-0.3, -0.25) is 4.79 Å². The summed E-state index contributed by atoms with van der Waals surface area (Å²) in [5, 5.41) is 12.7. The number of sulfonamides is 1. The van der Waals surface area contributed by atoms with Crippen LogP contribution in [0.15, 0.2) is 61.8 Å². The molecule has 2 N–H and O–H groups in total. The van der Waals surface area contributed by atoms with Crippen molar-refractivity contribution in [3.8, 4) is 10.6 Å². The summed E-state index contributed by atoms with van der Waals surface area (Å²) < 4.78 is 38.2. The molecule has 1 saturated carbocycles. The Morgan fingerprint density at radius 2 is 1.85 bits per heavy atom. The van der Waals surface area contributed by atoms with Crippen LogP contribution in [0.4, 0.5) is 11.6 Å². The molecule has 1 aliphatic rings. The van der Waals surface area contributed by atoms with Crippen LogP contribution in [-0.2, 0) is 20.2 Å². The van der Waals surface area contributed by atoms with Crippen LogP contribution in [0.5, 0.6) is 0 Å². The third-order valence-corrected chi connectivity index (χ3v) is 7.99. The number of nitrogens with one attached hydrogen (secondary N) is 2. The van der Waals surface area contributed by atoms with Gasteiger partial charge in [0.05, 0.1) is 26.6 Å². The van der Waals surface area contributed by atoms with Crippen LogP contribution in [0.2, 0.25) is 0 Å². The van der Waals surface area contributed by atoms with E-state index < -0.39 is 15.4 Å². The molecule has 3 aromatic heterocycles. The molecule has 3 heterocycles. The molecule has 0 spiro atoms. The van der Waals surface area contributed by atoms with E-state index in [4.69, 9.17) is 9.05 Å². The van der Waals surface area contributed by atoms with Gasteiger partial charge in [-0.2, -0.15) is 0 Å². The SMILES string of the molecule is Cc1noc(NS(=O)(=O)c2ccc(NC(=O)C3(c4cc(-c5cccs5)on4)CC3)cc2)c1C. The van der Waals surface area contributed by atoms with Gasteiger partial charge in [0.15, 0.2) is 5.76 Å². The summed E-state index contributed by atoms with van der Waals surface area (Å²) in [4.78, 5) is 14.0. The second-order valence-electron chi connectivity index (χ2n) is 7.94. The highest BCUT2D eigenvalue weighted by Gasteiger charge is 2.53. The smallest absolute Gasteiger partial charge is 0.264 e. The summed E-state index contributed by atoms with van der Waals surface area (Å²) in [6, 6.07) is 11.6. The molecule has 4 aromatic rings. The van der Waals surface area contributed by atoms with E-state index in [0.717, 1.165) is 4.88 Å². The van der Waals surface area contributed by atoms with Crippen LogP contribution >= 0.6 is 11.3 Å². The van der Waals surface area contributed by atoms with E-state index in [2.05, 4.69) is 20.4 Å². The molecular formula is C22H20N4O5S2. The molecule has 0 radical (unpaired) electrons. The maximum absolute atomic E-state index is 13.0. The number of nitrogens with zero attached hydrogens (tertiary/aromatic N) is 2. The summed E-state index contributed by atoms with van der Waals surface area (Å²) in [7, 11) is -3.86. The molecule has 0 aliphatic heterocycles. The van der Waals surface area contributed by atoms with Gasteiger partial charge < -0.3 is 14.4 Å². The van der Waals surface area contributed by atoms with Gasteiger partial charge >= 0.3 is 0 Å². The molecule has 170 valence electrons. The van der Waals surface area contributed by atoms with Gasteiger partial charge in [0, 0.05) is 17.3 Å². The first-order chi connectivity index (χ1) is 15.8. The molecule has 1 aliphatic carbocycles. The van der Waals surface area contributed by atoms with Gasteiger partial charge in [-0.25, -0.2) is 13.1 Å². The second kappa shape index (κ2) is 7.85. The van der Waals surface area contributed by atoms with Crippen molar-refractivity contribution < 1.29 is 22.3 Å².